The van der Waals surface area contributed by atoms with E-state index in [1.807, 2.05) is 26.0 Å². The van der Waals surface area contributed by atoms with E-state index < -0.39 is 0 Å². The minimum atomic E-state index is -0.0980. The highest BCUT2D eigenvalue weighted by Gasteiger charge is 2.08. The third kappa shape index (κ3) is 4.17. The van der Waals surface area contributed by atoms with Crippen LogP contribution in [-0.2, 0) is 16.2 Å². The number of benzene rings is 1. The van der Waals surface area contributed by atoms with E-state index in [4.69, 9.17) is 9.36 Å². The molecule has 1 heterocycles. The molecule has 0 bridgehead atoms. The van der Waals surface area contributed by atoms with Gasteiger partial charge >= 0.3 is 0 Å². The van der Waals surface area contributed by atoms with Crippen molar-refractivity contribution in [1.29, 1.82) is 0 Å². The van der Waals surface area contributed by atoms with Gasteiger partial charge in [0.15, 0.2) is 0 Å². The predicted octanol–water partition coefficient (Wildman–Crippen LogP) is 2.80. The van der Waals surface area contributed by atoms with Crippen LogP contribution in [0.2, 0.25) is 0 Å². The van der Waals surface area contributed by atoms with Gasteiger partial charge in [0, 0.05) is 12.6 Å². The number of nitrogens with zero attached hydrogens (tertiary/aromatic N) is 2. The Kier molecular flexibility index (Phi) is 4.71. The average Bonchev–Trinajstić information content (AvgIpc) is 2.76. The van der Waals surface area contributed by atoms with Gasteiger partial charge in [0.1, 0.15) is 12.4 Å². The minimum absolute atomic E-state index is 0.0980. The number of rotatable bonds is 5. The number of anilines is 1. The van der Waals surface area contributed by atoms with Gasteiger partial charge in [0.05, 0.1) is 17.5 Å². The number of carbonyl (C=O) groups excluding carboxylic acids is 1. The van der Waals surface area contributed by atoms with Crippen LogP contribution in [0.5, 0.6) is 0 Å². The van der Waals surface area contributed by atoms with Crippen molar-refractivity contribution in [3.8, 4) is 0 Å². The van der Waals surface area contributed by atoms with Crippen LogP contribution in [0.15, 0.2) is 33.9 Å². The Morgan fingerprint density at radius 3 is 2.67 bits per heavy atom. The zero-order valence-electron chi connectivity index (χ0n) is 12.2. The van der Waals surface area contributed by atoms with Crippen molar-refractivity contribution in [1.82, 2.24) is 5.16 Å². The van der Waals surface area contributed by atoms with E-state index in [-0.39, 0.29) is 5.91 Å². The zero-order chi connectivity index (χ0) is 15.2. The molecule has 6 nitrogen and oxygen atoms in total. The van der Waals surface area contributed by atoms with Gasteiger partial charge in [-0.1, -0.05) is 22.4 Å². The van der Waals surface area contributed by atoms with Gasteiger partial charge in [0.2, 0.25) is 5.91 Å². The summed E-state index contributed by atoms with van der Waals surface area (Å²) in [6.45, 7) is 5.49. The summed E-state index contributed by atoms with van der Waals surface area (Å²) in [5, 5.41) is 10.5. The maximum atomic E-state index is 10.9. The van der Waals surface area contributed by atoms with Gasteiger partial charge in [-0.3, -0.25) is 4.79 Å². The van der Waals surface area contributed by atoms with E-state index in [0.717, 1.165) is 28.3 Å². The molecule has 6 heteroatoms. The van der Waals surface area contributed by atoms with Crippen molar-refractivity contribution in [2.75, 3.05) is 5.32 Å². The molecular weight excluding hydrogens is 270 g/mol. The highest BCUT2D eigenvalue weighted by molar-refractivity contribution is 5.89. The van der Waals surface area contributed by atoms with Crippen LogP contribution in [0, 0.1) is 13.8 Å². The first-order valence-corrected chi connectivity index (χ1v) is 6.51. The van der Waals surface area contributed by atoms with Crippen LogP contribution in [0.4, 0.5) is 5.69 Å². The van der Waals surface area contributed by atoms with Gasteiger partial charge in [0.25, 0.3) is 0 Å². The second kappa shape index (κ2) is 6.69. The molecular formula is C15H17N3O3. The first kappa shape index (κ1) is 14.8. The number of nitrogens with one attached hydrogen (secondary N) is 1. The van der Waals surface area contributed by atoms with E-state index in [1.54, 1.807) is 18.3 Å². The molecule has 1 N–H and O–H groups in total. The van der Waals surface area contributed by atoms with Crippen molar-refractivity contribution >= 4 is 17.8 Å². The highest BCUT2D eigenvalue weighted by Crippen LogP contribution is 2.13. The summed E-state index contributed by atoms with van der Waals surface area (Å²) in [7, 11) is 0. The van der Waals surface area contributed by atoms with Crippen molar-refractivity contribution in [3.05, 3.63) is 46.8 Å². The molecule has 1 aromatic heterocycles. The molecule has 0 aliphatic heterocycles. The topological polar surface area (TPSA) is 76.7 Å². The van der Waals surface area contributed by atoms with E-state index in [1.165, 1.54) is 6.92 Å². The van der Waals surface area contributed by atoms with Gasteiger partial charge in [-0.25, -0.2) is 0 Å². The van der Waals surface area contributed by atoms with E-state index in [0.29, 0.717) is 6.61 Å². The highest BCUT2D eigenvalue weighted by atomic mass is 16.6. The fourth-order valence-corrected chi connectivity index (χ4v) is 1.76. The Hall–Kier alpha value is -2.63. The van der Waals surface area contributed by atoms with E-state index >= 15 is 0 Å². The molecule has 0 fully saturated rings. The van der Waals surface area contributed by atoms with Crippen LogP contribution >= 0.6 is 0 Å². The molecule has 0 spiro atoms. The first-order valence-electron chi connectivity index (χ1n) is 6.51. The molecule has 2 aromatic rings. The maximum absolute atomic E-state index is 10.9. The number of hydrogen-bond donors (Lipinski definition) is 1. The van der Waals surface area contributed by atoms with Crippen LogP contribution in [0.25, 0.3) is 0 Å². The molecule has 1 aromatic carbocycles. The summed E-state index contributed by atoms with van der Waals surface area (Å²) in [5.74, 6) is 0.640. The number of aryl methyl sites for hydroxylation is 2. The quantitative estimate of drug-likeness (QED) is 0.677. The normalized spacial score (nSPS) is 10.8. The molecule has 1 amide bonds. The largest absolute Gasteiger partial charge is 0.391 e. The Morgan fingerprint density at radius 2 is 2.10 bits per heavy atom. The molecule has 0 saturated carbocycles. The first-order chi connectivity index (χ1) is 10.1. The summed E-state index contributed by atoms with van der Waals surface area (Å²) in [6, 6.07) is 7.29. The van der Waals surface area contributed by atoms with Gasteiger partial charge in [-0.2, -0.15) is 0 Å². The Morgan fingerprint density at radius 1 is 1.38 bits per heavy atom. The minimum Gasteiger partial charge on any atom is -0.391 e. The van der Waals surface area contributed by atoms with Gasteiger partial charge in [-0.05, 0) is 31.5 Å². The summed E-state index contributed by atoms with van der Waals surface area (Å²) in [6.07, 6.45) is 1.61. The molecule has 0 radical (unpaired) electrons. The monoisotopic (exact) mass is 287 g/mol. The lowest BCUT2D eigenvalue weighted by atomic mass is 10.2. The molecule has 0 atom stereocenters. The number of aromatic nitrogens is 1. The second-order valence-corrected chi connectivity index (χ2v) is 4.61. The fourth-order valence-electron chi connectivity index (χ4n) is 1.76. The maximum Gasteiger partial charge on any atom is 0.221 e. The van der Waals surface area contributed by atoms with Crippen molar-refractivity contribution in [2.45, 2.75) is 27.4 Å². The molecule has 2 rings (SSSR count). The smallest absolute Gasteiger partial charge is 0.221 e. The molecule has 110 valence electrons. The molecule has 0 unspecified atom stereocenters. The number of oxime groups is 1. The lowest BCUT2D eigenvalue weighted by Crippen LogP contribution is -2.05. The summed E-state index contributed by atoms with van der Waals surface area (Å²) >= 11 is 0. The van der Waals surface area contributed by atoms with E-state index in [9.17, 15) is 4.79 Å². The predicted molar refractivity (Wildman–Crippen MR) is 79.1 cm³/mol. The Bertz CT molecular complexity index is 625. The fraction of sp³-hybridized carbons (Fsp3) is 0.267. The summed E-state index contributed by atoms with van der Waals surface area (Å²) in [4.78, 5) is 16.1. The van der Waals surface area contributed by atoms with E-state index in [2.05, 4.69) is 15.6 Å². The average molecular weight is 287 g/mol. The number of amides is 1. The lowest BCUT2D eigenvalue weighted by molar-refractivity contribution is -0.114. The number of carbonyl (C=O) groups is 1. The third-order valence-corrected chi connectivity index (χ3v) is 2.90. The van der Waals surface area contributed by atoms with Gasteiger partial charge in [-0.15, -0.1) is 0 Å². The number of hydrogen-bond acceptors (Lipinski definition) is 5. The molecule has 0 saturated heterocycles. The van der Waals surface area contributed by atoms with Crippen molar-refractivity contribution in [2.24, 2.45) is 5.16 Å². The molecule has 0 aliphatic carbocycles. The van der Waals surface area contributed by atoms with Crippen LogP contribution in [0.3, 0.4) is 0 Å². The second-order valence-electron chi connectivity index (χ2n) is 4.61. The summed E-state index contributed by atoms with van der Waals surface area (Å²) in [5.41, 5.74) is 3.34. The van der Waals surface area contributed by atoms with Gasteiger partial charge < -0.3 is 14.7 Å². The standard InChI is InChI=1S/C15H17N3O3/c1-10-15(11(2)21-18-10)9-20-16-8-13-4-6-14(7-5-13)17-12(3)19/h4-8H,9H2,1-3H3,(H,17,19)/b16-8+. The third-order valence-electron chi connectivity index (χ3n) is 2.90. The van der Waals surface area contributed by atoms with Crippen LogP contribution < -0.4 is 5.32 Å². The SMILES string of the molecule is CC(=O)Nc1ccc(/C=N/OCc2c(C)noc2C)cc1. The van der Waals surface area contributed by atoms with Crippen molar-refractivity contribution < 1.29 is 14.2 Å². The van der Waals surface area contributed by atoms with Crippen LogP contribution in [0.1, 0.15) is 29.5 Å². The summed E-state index contributed by atoms with van der Waals surface area (Å²) < 4.78 is 5.04. The molecule has 0 aliphatic rings. The Labute approximate surface area is 122 Å². The Balaban J connectivity index is 1.88. The molecule has 21 heavy (non-hydrogen) atoms. The van der Waals surface area contributed by atoms with Crippen LogP contribution in [-0.4, -0.2) is 17.3 Å². The lowest BCUT2D eigenvalue weighted by Gasteiger charge is -2.01. The van der Waals surface area contributed by atoms with Crippen molar-refractivity contribution in [3.63, 3.8) is 0 Å². The zero-order valence-corrected chi connectivity index (χ0v) is 12.2.